The summed E-state index contributed by atoms with van der Waals surface area (Å²) in [6.07, 6.45) is 3.17. The van der Waals surface area contributed by atoms with Crippen LogP contribution in [0.5, 0.6) is 0 Å². The molecule has 1 aromatic carbocycles. The predicted molar refractivity (Wildman–Crippen MR) is 75.5 cm³/mol. The Morgan fingerprint density at radius 3 is 2.90 bits per heavy atom. The van der Waals surface area contributed by atoms with E-state index in [0.717, 1.165) is 25.7 Å². The third-order valence-corrected chi connectivity index (χ3v) is 4.14. The average molecular weight is 298 g/mol. The molecule has 0 radical (unpaired) electrons. The summed E-state index contributed by atoms with van der Waals surface area (Å²) in [6.45, 7) is 1.20. The van der Waals surface area contributed by atoms with Crippen molar-refractivity contribution in [2.45, 2.75) is 23.8 Å². The molecule has 7 heteroatoms. The van der Waals surface area contributed by atoms with Gasteiger partial charge in [0.25, 0.3) is 0 Å². The Kier molecular flexibility index (Phi) is 4.61. The largest absolute Gasteiger partial charge is 0.376 e. The number of anilines is 1. The summed E-state index contributed by atoms with van der Waals surface area (Å²) in [6, 6.07) is 5.78. The topological polar surface area (TPSA) is 84.5 Å². The molecule has 0 saturated carbocycles. The summed E-state index contributed by atoms with van der Waals surface area (Å²) in [4.78, 5) is 11.9. The van der Waals surface area contributed by atoms with Gasteiger partial charge in [0.15, 0.2) is 9.84 Å². The van der Waals surface area contributed by atoms with Gasteiger partial charge in [-0.25, -0.2) is 13.2 Å². The van der Waals surface area contributed by atoms with E-state index in [4.69, 9.17) is 4.74 Å². The maximum Gasteiger partial charge on any atom is 0.319 e. The van der Waals surface area contributed by atoms with Gasteiger partial charge in [-0.15, -0.1) is 0 Å². The van der Waals surface area contributed by atoms with Crippen LogP contribution in [-0.4, -0.2) is 40.0 Å². The molecule has 1 heterocycles. The Morgan fingerprint density at radius 1 is 1.45 bits per heavy atom. The summed E-state index contributed by atoms with van der Waals surface area (Å²) in [5, 5.41) is 5.32. The van der Waals surface area contributed by atoms with Gasteiger partial charge in [-0.2, -0.15) is 0 Å². The number of hydrogen-bond acceptors (Lipinski definition) is 4. The lowest BCUT2D eigenvalue weighted by molar-refractivity contribution is 0.112. The number of benzene rings is 1. The first kappa shape index (κ1) is 14.8. The van der Waals surface area contributed by atoms with Gasteiger partial charge in [-0.1, -0.05) is 6.07 Å². The Morgan fingerprint density at radius 2 is 2.25 bits per heavy atom. The van der Waals surface area contributed by atoms with E-state index in [2.05, 4.69) is 10.6 Å². The average Bonchev–Trinajstić information content (AvgIpc) is 2.89. The molecule has 1 aliphatic rings. The third kappa shape index (κ3) is 4.21. The molecule has 1 unspecified atom stereocenters. The van der Waals surface area contributed by atoms with E-state index in [9.17, 15) is 13.2 Å². The number of carbonyl (C=O) groups excluding carboxylic acids is 1. The zero-order valence-electron chi connectivity index (χ0n) is 11.3. The minimum atomic E-state index is -3.28. The van der Waals surface area contributed by atoms with Crippen molar-refractivity contribution >= 4 is 21.6 Å². The van der Waals surface area contributed by atoms with E-state index >= 15 is 0 Å². The minimum Gasteiger partial charge on any atom is -0.376 e. The highest BCUT2D eigenvalue weighted by molar-refractivity contribution is 7.90. The predicted octanol–water partition coefficient (Wildman–Crippen LogP) is 1.39. The summed E-state index contributed by atoms with van der Waals surface area (Å²) >= 11 is 0. The fourth-order valence-corrected chi connectivity index (χ4v) is 2.66. The second kappa shape index (κ2) is 6.23. The lowest BCUT2D eigenvalue weighted by Crippen LogP contribution is -2.35. The van der Waals surface area contributed by atoms with E-state index in [1.54, 1.807) is 12.1 Å². The van der Waals surface area contributed by atoms with Crippen molar-refractivity contribution in [1.29, 1.82) is 0 Å². The lowest BCUT2D eigenvalue weighted by atomic mass is 10.2. The molecule has 1 aromatic rings. The molecule has 2 amide bonds. The Balaban J connectivity index is 1.90. The summed E-state index contributed by atoms with van der Waals surface area (Å²) in [5.74, 6) is 0. The van der Waals surface area contributed by atoms with Crippen molar-refractivity contribution in [2.75, 3.05) is 24.7 Å². The highest BCUT2D eigenvalue weighted by Gasteiger charge is 2.16. The number of nitrogens with one attached hydrogen (secondary N) is 2. The van der Waals surface area contributed by atoms with Crippen LogP contribution >= 0.6 is 0 Å². The maximum absolute atomic E-state index is 11.7. The lowest BCUT2D eigenvalue weighted by Gasteiger charge is -2.12. The van der Waals surface area contributed by atoms with Crippen LogP contribution in [0.15, 0.2) is 29.2 Å². The molecule has 1 aliphatic heterocycles. The fourth-order valence-electron chi connectivity index (χ4n) is 1.99. The van der Waals surface area contributed by atoms with Gasteiger partial charge in [-0.05, 0) is 31.0 Å². The molecule has 1 fully saturated rings. The zero-order chi connectivity index (χ0) is 14.6. The number of sulfone groups is 1. The molecular weight excluding hydrogens is 280 g/mol. The number of rotatable bonds is 4. The second-order valence-corrected chi connectivity index (χ2v) is 6.79. The molecule has 1 atom stereocenters. The molecule has 0 bridgehead atoms. The number of urea groups is 1. The van der Waals surface area contributed by atoms with Crippen LogP contribution in [0, 0.1) is 0 Å². The summed E-state index contributed by atoms with van der Waals surface area (Å²) in [5.41, 5.74) is 0.442. The third-order valence-electron chi connectivity index (χ3n) is 3.03. The van der Waals surface area contributed by atoms with Crippen molar-refractivity contribution in [1.82, 2.24) is 5.32 Å². The van der Waals surface area contributed by atoms with Gasteiger partial charge in [0, 0.05) is 25.1 Å². The molecule has 0 spiro atoms. The molecule has 2 rings (SSSR count). The fraction of sp³-hybridized carbons (Fsp3) is 0.462. The quantitative estimate of drug-likeness (QED) is 0.879. The Hall–Kier alpha value is -1.60. The minimum absolute atomic E-state index is 0.0723. The van der Waals surface area contributed by atoms with Crippen LogP contribution in [0.3, 0.4) is 0 Å². The molecular formula is C13H18N2O4S. The van der Waals surface area contributed by atoms with E-state index in [1.807, 2.05) is 0 Å². The first-order valence-electron chi connectivity index (χ1n) is 6.42. The van der Waals surface area contributed by atoms with Crippen molar-refractivity contribution < 1.29 is 17.9 Å². The molecule has 1 saturated heterocycles. The number of hydrogen-bond donors (Lipinski definition) is 2. The maximum atomic E-state index is 11.7. The normalized spacial score (nSPS) is 18.8. The zero-order valence-corrected chi connectivity index (χ0v) is 12.1. The monoisotopic (exact) mass is 298 g/mol. The van der Waals surface area contributed by atoms with Crippen molar-refractivity contribution in [3.8, 4) is 0 Å². The molecule has 0 aliphatic carbocycles. The van der Waals surface area contributed by atoms with E-state index < -0.39 is 9.84 Å². The van der Waals surface area contributed by atoms with Gasteiger partial charge in [0.05, 0.1) is 11.0 Å². The van der Waals surface area contributed by atoms with Gasteiger partial charge >= 0.3 is 6.03 Å². The molecule has 110 valence electrons. The van der Waals surface area contributed by atoms with E-state index in [-0.39, 0.29) is 17.0 Å². The second-order valence-electron chi connectivity index (χ2n) is 4.77. The van der Waals surface area contributed by atoms with Crippen LogP contribution in [0.25, 0.3) is 0 Å². The SMILES string of the molecule is CS(=O)(=O)c1cccc(NC(=O)NCC2CCCO2)c1. The first-order chi connectivity index (χ1) is 9.45. The Bertz CT molecular complexity index is 580. The number of ether oxygens (including phenoxy) is 1. The van der Waals surface area contributed by atoms with Crippen LogP contribution in [0.4, 0.5) is 10.5 Å². The summed E-state index contributed by atoms with van der Waals surface area (Å²) in [7, 11) is -3.28. The number of amides is 2. The van der Waals surface area contributed by atoms with Crippen LogP contribution in [-0.2, 0) is 14.6 Å². The molecule has 0 aromatic heterocycles. The molecule has 6 nitrogen and oxygen atoms in total. The van der Waals surface area contributed by atoms with Crippen molar-refractivity contribution in [3.63, 3.8) is 0 Å². The van der Waals surface area contributed by atoms with Crippen molar-refractivity contribution in [3.05, 3.63) is 24.3 Å². The highest BCUT2D eigenvalue weighted by Crippen LogP contribution is 2.15. The van der Waals surface area contributed by atoms with Gasteiger partial charge in [0.1, 0.15) is 0 Å². The highest BCUT2D eigenvalue weighted by atomic mass is 32.2. The van der Waals surface area contributed by atoms with Crippen LogP contribution in [0.2, 0.25) is 0 Å². The van der Waals surface area contributed by atoms with Crippen molar-refractivity contribution in [2.24, 2.45) is 0 Å². The molecule has 20 heavy (non-hydrogen) atoms. The molecule has 2 N–H and O–H groups in total. The standard InChI is InChI=1S/C13H18N2O4S/c1-20(17,18)12-6-2-4-10(8-12)15-13(16)14-9-11-5-3-7-19-11/h2,4,6,8,11H,3,5,7,9H2,1H3,(H2,14,15,16). The van der Waals surface area contributed by atoms with Gasteiger partial charge in [-0.3, -0.25) is 0 Å². The van der Waals surface area contributed by atoms with E-state index in [1.165, 1.54) is 12.1 Å². The van der Waals surface area contributed by atoms with E-state index in [0.29, 0.717) is 12.2 Å². The van der Waals surface area contributed by atoms with Crippen LogP contribution in [0.1, 0.15) is 12.8 Å². The van der Waals surface area contributed by atoms with Crippen LogP contribution < -0.4 is 10.6 Å². The first-order valence-corrected chi connectivity index (χ1v) is 8.31. The van der Waals surface area contributed by atoms with Gasteiger partial charge < -0.3 is 15.4 Å². The van der Waals surface area contributed by atoms with Gasteiger partial charge in [0.2, 0.25) is 0 Å². The summed E-state index contributed by atoms with van der Waals surface area (Å²) < 4.78 is 28.2. The smallest absolute Gasteiger partial charge is 0.319 e. The number of carbonyl (C=O) groups is 1. The Labute approximate surface area is 118 Å².